The lowest BCUT2D eigenvalue weighted by atomic mass is 10.1. The van der Waals surface area contributed by atoms with E-state index in [2.05, 4.69) is 29.8 Å². The van der Waals surface area contributed by atoms with Crippen molar-refractivity contribution in [1.29, 1.82) is 5.26 Å². The van der Waals surface area contributed by atoms with Crippen LogP contribution in [0.15, 0.2) is 65.3 Å². The molecule has 0 aliphatic rings. The molecule has 0 aliphatic carbocycles. The Morgan fingerprint density at radius 2 is 1.76 bits per heavy atom. The van der Waals surface area contributed by atoms with Gasteiger partial charge in [-0.05, 0) is 43.7 Å². The van der Waals surface area contributed by atoms with Gasteiger partial charge in [0.05, 0.1) is 17.3 Å². The summed E-state index contributed by atoms with van der Waals surface area (Å²) in [6.07, 6.45) is 1.73. The lowest BCUT2D eigenvalue weighted by Gasteiger charge is -2.25. The fourth-order valence-corrected chi connectivity index (χ4v) is 2.64. The van der Waals surface area contributed by atoms with Gasteiger partial charge in [-0.2, -0.15) is 5.26 Å². The van der Waals surface area contributed by atoms with E-state index in [9.17, 15) is 0 Å². The molecule has 0 unspecified atom stereocenters. The van der Waals surface area contributed by atoms with E-state index >= 15 is 0 Å². The summed E-state index contributed by atoms with van der Waals surface area (Å²) in [6.45, 7) is 5.86. The molecule has 4 heteroatoms. The second-order valence-corrected chi connectivity index (χ2v) is 6.32. The quantitative estimate of drug-likeness (QED) is 0.661. The van der Waals surface area contributed by atoms with Crippen LogP contribution in [0.4, 0.5) is 0 Å². The molecular weight excluding hydrogens is 310 g/mol. The molecular formula is C21H21N3O. The van der Waals surface area contributed by atoms with Gasteiger partial charge in [0, 0.05) is 24.7 Å². The summed E-state index contributed by atoms with van der Waals surface area (Å²) >= 11 is 0. The third kappa shape index (κ3) is 4.34. The highest BCUT2D eigenvalue weighted by Crippen LogP contribution is 2.20. The predicted molar refractivity (Wildman–Crippen MR) is 97.5 cm³/mol. The first-order valence-corrected chi connectivity index (χ1v) is 8.38. The number of hydrogen-bond donors (Lipinski definition) is 0. The molecule has 0 atom stereocenters. The average Bonchev–Trinajstić information content (AvgIpc) is 3.11. The zero-order chi connectivity index (χ0) is 17.6. The van der Waals surface area contributed by atoms with E-state index in [-0.39, 0.29) is 0 Å². The third-order valence-electron chi connectivity index (χ3n) is 4.14. The van der Waals surface area contributed by atoms with E-state index in [1.165, 1.54) is 5.56 Å². The van der Waals surface area contributed by atoms with Crippen molar-refractivity contribution in [3.8, 4) is 17.5 Å². The van der Waals surface area contributed by atoms with Gasteiger partial charge in [-0.15, -0.1) is 0 Å². The molecule has 0 N–H and O–H groups in total. The Labute approximate surface area is 148 Å². The van der Waals surface area contributed by atoms with E-state index in [0.717, 1.165) is 17.8 Å². The molecule has 2 aromatic carbocycles. The normalized spacial score (nSPS) is 11.0. The highest BCUT2D eigenvalue weighted by Gasteiger charge is 2.14. The van der Waals surface area contributed by atoms with Crippen molar-refractivity contribution in [2.75, 3.05) is 0 Å². The summed E-state index contributed by atoms with van der Waals surface area (Å²) in [5.41, 5.74) is 3.77. The lowest BCUT2D eigenvalue weighted by molar-refractivity contribution is 0.201. The molecule has 0 fully saturated rings. The zero-order valence-electron chi connectivity index (χ0n) is 14.5. The van der Waals surface area contributed by atoms with Gasteiger partial charge >= 0.3 is 0 Å². The Balaban J connectivity index is 1.72. The Kier molecular flexibility index (Phi) is 5.27. The van der Waals surface area contributed by atoms with Crippen LogP contribution < -0.4 is 0 Å². The predicted octanol–water partition coefficient (Wildman–Crippen LogP) is 4.62. The van der Waals surface area contributed by atoms with Crippen LogP contribution in [-0.4, -0.2) is 15.9 Å². The molecule has 4 nitrogen and oxygen atoms in total. The van der Waals surface area contributed by atoms with Crippen LogP contribution in [0, 0.1) is 11.3 Å². The van der Waals surface area contributed by atoms with Gasteiger partial charge in [0.2, 0.25) is 5.89 Å². The molecule has 126 valence electrons. The number of nitrogens with zero attached hydrogens (tertiary/aromatic N) is 3. The van der Waals surface area contributed by atoms with Crippen LogP contribution in [0.3, 0.4) is 0 Å². The van der Waals surface area contributed by atoms with Crippen molar-refractivity contribution in [3.63, 3.8) is 0 Å². The minimum Gasteiger partial charge on any atom is -0.444 e. The lowest BCUT2D eigenvalue weighted by Crippen LogP contribution is -2.29. The minimum absolute atomic E-state index is 0.368. The molecule has 3 rings (SSSR count). The van der Waals surface area contributed by atoms with Gasteiger partial charge < -0.3 is 4.42 Å². The number of hydrogen-bond acceptors (Lipinski definition) is 4. The monoisotopic (exact) mass is 331 g/mol. The van der Waals surface area contributed by atoms with Gasteiger partial charge in [-0.25, -0.2) is 4.98 Å². The first-order chi connectivity index (χ1) is 12.2. The van der Waals surface area contributed by atoms with Crippen LogP contribution in [0.1, 0.15) is 30.7 Å². The summed E-state index contributed by atoms with van der Waals surface area (Å²) in [7, 11) is 0. The molecule has 0 radical (unpaired) electrons. The Hall–Kier alpha value is -2.90. The summed E-state index contributed by atoms with van der Waals surface area (Å²) < 4.78 is 5.64. The Morgan fingerprint density at radius 3 is 2.40 bits per heavy atom. The highest BCUT2D eigenvalue weighted by atomic mass is 16.3. The fourth-order valence-electron chi connectivity index (χ4n) is 2.64. The molecule has 0 saturated carbocycles. The number of oxazole rings is 1. The fraction of sp³-hybridized carbons (Fsp3) is 0.238. The van der Waals surface area contributed by atoms with Gasteiger partial charge in [0.25, 0.3) is 0 Å². The molecule has 1 heterocycles. The zero-order valence-corrected chi connectivity index (χ0v) is 14.5. The van der Waals surface area contributed by atoms with Gasteiger partial charge in [-0.1, -0.05) is 30.3 Å². The Morgan fingerprint density at radius 1 is 1.04 bits per heavy atom. The topological polar surface area (TPSA) is 53.1 Å². The molecule has 0 bridgehead atoms. The van der Waals surface area contributed by atoms with Crippen LogP contribution >= 0.6 is 0 Å². The second kappa shape index (κ2) is 7.78. The second-order valence-electron chi connectivity index (χ2n) is 6.32. The van der Waals surface area contributed by atoms with Crippen LogP contribution in [-0.2, 0) is 13.1 Å². The first kappa shape index (κ1) is 16.9. The van der Waals surface area contributed by atoms with E-state index in [1.54, 1.807) is 6.26 Å². The van der Waals surface area contributed by atoms with E-state index < -0.39 is 0 Å². The van der Waals surface area contributed by atoms with Crippen molar-refractivity contribution in [1.82, 2.24) is 9.88 Å². The SMILES string of the molecule is CC(C)N(Cc1ccc(C#N)cc1)Cc1coc(-c2ccccc2)n1. The largest absolute Gasteiger partial charge is 0.444 e. The summed E-state index contributed by atoms with van der Waals surface area (Å²) in [5, 5.41) is 8.91. The molecule has 3 aromatic rings. The number of rotatable bonds is 6. The highest BCUT2D eigenvalue weighted by molar-refractivity contribution is 5.52. The smallest absolute Gasteiger partial charge is 0.226 e. The molecule has 0 spiro atoms. The van der Waals surface area contributed by atoms with E-state index in [1.807, 2.05) is 54.6 Å². The van der Waals surface area contributed by atoms with Crippen molar-refractivity contribution >= 4 is 0 Å². The standard InChI is InChI=1S/C21H21N3O/c1-16(2)24(13-18-10-8-17(12-22)9-11-18)14-20-15-25-21(23-20)19-6-4-3-5-7-19/h3-11,15-16H,13-14H2,1-2H3. The maximum Gasteiger partial charge on any atom is 0.226 e. The molecule has 0 amide bonds. The minimum atomic E-state index is 0.368. The molecule has 0 aliphatic heterocycles. The van der Waals surface area contributed by atoms with Gasteiger partial charge in [-0.3, -0.25) is 4.90 Å². The Bertz CT molecular complexity index is 845. The van der Waals surface area contributed by atoms with Crippen molar-refractivity contribution < 1.29 is 4.42 Å². The molecule has 0 saturated heterocycles. The molecule has 1 aromatic heterocycles. The van der Waals surface area contributed by atoms with Crippen LogP contribution in [0.5, 0.6) is 0 Å². The average molecular weight is 331 g/mol. The van der Waals surface area contributed by atoms with Crippen molar-refractivity contribution in [2.24, 2.45) is 0 Å². The van der Waals surface area contributed by atoms with Gasteiger partial charge in [0.1, 0.15) is 6.26 Å². The van der Waals surface area contributed by atoms with Crippen LogP contribution in [0.2, 0.25) is 0 Å². The third-order valence-corrected chi connectivity index (χ3v) is 4.14. The summed E-state index contributed by atoms with van der Waals surface area (Å²) in [6, 6.07) is 20.2. The van der Waals surface area contributed by atoms with Crippen molar-refractivity contribution in [2.45, 2.75) is 33.0 Å². The van der Waals surface area contributed by atoms with E-state index in [4.69, 9.17) is 9.68 Å². The first-order valence-electron chi connectivity index (χ1n) is 8.38. The number of aromatic nitrogens is 1. The van der Waals surface area contributed by atoms with Crippen molar-refractivity contribution in [3.05, 3.63) is 77.7 Å². The number of benzene rings is 2. The molecule has 25 heavy (non-hydrogen) atoms. The maximum atomic E-state index is 8.91. The number of nitriles is 1. The van der Waals surface area contributed by atoms with Gasteiger partial charge in [0.15, 0.2) is 0 Å². The summed E-state index contributed by atoms with van der Waals surface area (Å²) in [4.78, 5) is 6.95. The van der Waals surface area contributed by atoms with Crippen LogP contribution in [0.25, 0.3) is 11.5 Å². The summed E-state index contributed by atoms with van der Waals surface area (Å²) in [5.74, 6) is 0.651. The van der Waals surface area contributed by atoms with E-state index in [0.29, 0.717) is 24.0 Å². The maximum absolute atomic E-state index is 8.91.